The standard InChI is InChI=1S/C17H10Cl5NO3/c18-9-3-7(4-10(19)6-9)13-16(15(23)26,17(13,21)22)8-1-2-12(20)11(5-8)14(24)25/h1-6,13H,(H2,23,26)(H,24,25). The average molecular weight is 454 g/mol. The molecule has 2 aromatic carbocycles. The number of primary amides is 1. The third-order valence-electron chi connectivity index (χ3n) is 4.50. The van der Waals surface area contributed by atoms with Gasteiger partial charge in [-0.3, -0.25) is 4.79 Å². The number of carboxylic acid groups (broad SMARTS) is 1. The molecule has 1 fully saturated rings. The largest absolute Gasteiger partial charge is 0.478 e. The minimum Gasteiger partial charge on any atom is -0.478 e. The lowest BCUT2D eigenvalue weighted by Crippen LogP contribution is -2.34. The second-order valence-corrected chi connectivity index (χ2v) is 8.60. The molecule has 2 aromatic rings. The molecule has 3 N–H and O–H groups in total. The van der Waals surface area contributed by atoms with Crippen molar-refractivity contribution in [3.05, 3.63) is 68.2 Å². The zero-order valence-corrected chi connectivity index (χ0v) is 16.6. The van der Waals surface area contributed by atoms with Gasteiger partial charge in [0.1, 0.15) is 9.75 Å². The number of alkyl halides is 2. The van der Waals surface area contributed by atoms with Crippen LogP contribution in [0.3, 0.4) is 0 Å². The van der Waals surface area contributed by atoms with Crippen LogP contribution in [0.15, 0.2) is 36.4 Å². The maximum atomic E-state index is 12.4. The maximum absolute atomic E-state index is 12.4. The van der Waals surface area contributed by atoms with Crippen molar-refractivity contribution in [2.24, 2.45) is 5.73 Å². The lowest BCUT2D eigenvalue weighted by molar-refractivity contribution is -0.120. The molecule has 1 saturated carbocycles. The molecule has 3 rings (SSSR count). The van der Waals surface area contributed by atoms with Gasteiger partial charge in [-0.2, -0.15) is 0 Å². The lowest BCUT2D eigenvalue weighted by Gasteiger charge is -2.16. The van der Waals surface area contributed by atoms with E-state index in [-0.39, 0.29) is 16.1 Å². The molecule has 136 valence electrons. The third kappa shape index (κ3) is 2.76. The molecule has 1 amide bonds. The summed E-state index contributed by atoms with van der Waals surface area (Å²) in [5.41, 5.74) is 4.67. The molecule has 26 heavy (non-hydrogen) atoms. The zero-order chi connectivity index (χ0) is 19.4. The summed E-state index contributed by atoms with van der Waals surface area (Å²) in [6, 6.07) is 8.77. The Hall–Kier alpha value is -1.17. The summed E-state index contributed by atoms with van der Waals surface area (Å²) in [5, 5.41) is 9.99. The van der Waals surface area contributed by atoms with E-state index in [0.717, 1.165) is 0 Å². The molecule has 1 aliphatic carbocycles. The van der Waals surface area contributed by atoms with Gasteiger partial charge in [0, 0.05) is 16.0 Å². The predicted molar refractivity (Wildman–Crippen MR) is 103 cm³/mol. The molecule has 4 nitrogen and oxygen atoms in total. The molecular formula is C17H10Cl5NO3. The summed E-state index contributed by atoms with van der Waals surface area (Å²) < 4.78 is -1.61. The van der Waals surface area contributed by atoms with E-state index >= 15 is 0 Å². The Morgan fingerprint density at radius 1 is 1.00 bits per heavy atom. The second kappa shape index (κ2) is 6.47. The number of aromatic carboxylic acids is 1. The minimum atomic E-state index is -1.61. The first-order chi connectivity index (χ1) is 12.0. The van der Waals surface area contributed by atoms with Crippen molar-refractivity contribution in [3.8, 4) is 0 Å². The fraction of sp³-hybridized carbons (Fsp3) is 0.176. The summed E-state index contributed by atoms with van der Waals surface area (Å²) in [4.78, 5) is 23.8. The van der Waals surface area contributed by atoms with Gasteiger partial charge in [0.05, 0.1) is 10.6 Å². The Morgan fingerprint density at radius 3 is 2.08 bits per heavy atom. The highest BCUT2D eigenvalue weighted by molar-refractivity contribution is 6.55. The van der Waals surface area contributed by atoms with Gasteiger partial charge in [-0.15, -0.1) is 0 Å². The van der Waals surface area contributed by atoms with Gasteiger partial charge in [-0.05, 0) is 41.5 Å². The van der Waals surface area contributed by atoms with Crippen molar-refractivity contribution in [2.75, 3.05) is 0 Å². The van der Waals surface area contributed by atoms with Gasteiger partial charge >= 0.3 is 5.97 Å². The van der Waals surface area contributed by atoms with Crippen LogP contribution in [0.25, 0.3) is 0 Å². The number of carbonyl (C=O) groups excluding carboxylic acids is 1. The van der Waals surface area contributed by atoms with E-state index in [2.05, 4.69) is 0 Å². The number of nitrogens with two attached hydrogens (primary N) is 1. The first-order valence-electron chi connectivity index (χ1n) is 7.20. The fourth-order valence-electron chi connectivity index (χ4n) is 3.35. The second-order valence-electron chi connectivity index (χ2n) is 5.93. The predicted octanol–water partition coefficient (Wildman–Crippen LogP) is 5.04. The van der Waals surface area contributed by atoms with E-state index in [1.54, 1.807) is 12.1 Å². The Labute approximate surface area is 173 Å². The lowest BCUT2D eigenvalue weighted by atomic mass is 9.89. The summed E-state index contributed by atoms with van der Waals surface area (Å²) in [7, 11) is 0. The molecule has 0 heterocycles. The van der Waals surface area contributed by atoms with E-state index in [1.165, 1.54) is 24.3 Å². The Kier molecular flexibility index (Phi) is 4.87. The van der Waals surface area contributed by atoms with Gasteiger partial charge in [0.15, 0.2) is 0 Å². The third-order valence-corrected chi connectivity index (χ3v) is 6.30. The van der Waals surface area contributed by atoms with Crippen LogP contribution in [0.2, 0.25) is 15.1 Å². The van der Waals surface area contributed by atoms with Crippen LogP contribution in [0, 0.1) is 0 Å². The molecule has 0 aromatic heterocycles. The van der Waals surface area contributed by atoms with Crippen molar-refractivity contribution < 1.29 is 14.7 Å². The van der Waals surface area contributed by atoms with Crippen molar-refractivity contribution in [3.63, 3.8) is 0 Å². The highest BCUT2D eigenvalue weighted by atomic mass is 35.5. The van der Waals surface area contributed by atoms with Crippen molar-refractivity contribution in [1.29, 1.82) is 0 Å². The number of hydrogen-bond acceptors (Lipinski definition) is 2. The van der Waals surface area contributed by atoms with E-state index in [1.807, 2.05) is 0 Å². The number of benzene rings is 2. The molecule has 0 saturated heterocycles. The number of amides is 1. The molecule has 9 heteroatoms. The van der Waals surface area contributed by atoms with Crippen molar-refractivity contribution in [2.45, 2.75) is 15.7 Å². The van der Waals surface area contributed by atoms with Crippen LogP contribution >= 0.6 is 58.0 Å². The molecule has 2 atom stereocenters. The Morgan fingerprint density at radius 2 is 1.58 bits per heavy atom. The summed E-state index contributed by atoms with van der Waals surface area (Å²) in [5.74, 6) is -2.83. The van der Waals surface area contributed by atoms with Crippen LogP contribution in [0.1, 0.15) is 27.4 Å². The molecule has 0 aliphatic heterocycles. The number of carbonyl (C=O) groups is 2. The van der Waals surface area contributed by atoms with Gasteiger partial charge in [-0.1, -0.05) is 64.1 Å². The van der Waals surface area contributed by atoms with E-state index in [0.29, 0.717) is 15.6 Å². The van der Waals surface area contributed by atoms with Crippen LogP contribution < -0.4 is 5.73 Å². The Bertz CT molecular complexity index is 926. The van der Waals surface area contributed by atoms with Crippen LogP contribution in [-0.4, -0.2) is 21.3 Å². The Balaban J connectivity index is 2.22. The van der Waals surface area contributed by atoms with E-state index < -0.39 is 27.5 Å². The number of halogens is 5. The monoisotopic (exact) mass is 451 g/mol. The summed E-state index contributed by atoms with van der Waals surface area (Å²) >= 11 is 30.9. The van der Waals surface area contributed by atoms with E-state index in [4.69, 9.17) is 63.7 Å². The SMILES string of the molecule is NC(=O)C1(c2ccc(Cl)c(C(=O)O)c2)C(c2cc(Cl)cc(Cl)c2)C1(Cl)Cl. The topological polar surface area (TPSA) is 80.4 Å². The summed E-state index contributed by atoms with van der Waals surface area (Å²) in [6.45, 7) is 0. The first kappa shape index (κ1) is 19.6. The first-order valence-corrected chi connectivity index (χ1v) is 9.09. The highest BCUT2D eigenvalue weighted by Crippen LogP contribution is 2.74. The fourth-order valence-corrected chi connectivity index (χ4v) is 5.18. The normalized spacial score (nSPS) is 23.5. The van der Waals surface area contributed by atoms with Crippen LogP contribution in [0.4, 0.5) is 0 Å². The highest BCUT2D eigenvalue weighted by Gasteiger charge is 2.80. The van der Waals surface area contributed by atoms with Crippen LogP contribution in [0.5, 0.6) is 0 Å². The van der Waals surface area contributed by atoms with Gasteiger partial charge < -0.3 is 10.8 Å². The minimum absolute atomic E-state index is 0.0126. The smallest absolute Gasteiger partial charge is 0.337 e. The zero-order valence-electron chi connectivity index (χ0n) is 12.8. The molecule has 1 aliphatic rings. The molecule has 2 unspecified atom stereocenters. The number of rotatable bonds is 4. The van der Waals surface area contributed by atoms with Crippen molar-refractivity contribution in [1.82, 2.24) is 0 Å². The van der Waals surface area contributed by atoms with Crippen molar-refractivity contribution >= 4 is 69.9 Å². The van der Waals surface area contributed by atoms with Gasteiger partial charge in [-0.25, -0.2) is 4.79 Å². The summed E-state index contributed by atoms with van der Waals surface area (Å²) in [6.07, 6.45) is 0. The van der Waals surface area contributed by atoms with Crippen LogP contribution in [-0.2, 0) is 10.2 Å². The molecule has 0 bridgehead atoms. The average Bonchev–Trinajstić information content (AvgIpc) is 3.04. The maximum Gasteiger partial charge on any atom is 0.337 e. The number of hydrogen-bond donors (Lipinski definition) is 2. The molecular weight excluding hydrogens is 443 g/mol. The molecule has 0 spiro atoms. The van der Waals surface area contributed by atoms with Gasteiger partial charge in [0.25, 0.3) is 0 Å². The van der Waals surface area contributed by atoms with E-state index in [9.17, 15) is 14.7 Å². The number of carboxylic acids is 1. The van der Waals surface area contributed by atoms with Gasteiger partial charge in [0.2, 0.25) is 5.91 Å². The molecule has 0 radical (unpaired) electrons. The quantitative estimate of drug-likeness (QED) is 0.637.